The average Bonchev–Trinajstić information content (AvgIpc) is 3.10. The van der Waals surface area contributed by atoms with E-state index in [1.54, 1.807) is 28.4 Å². The largest absolute Gasteiger partial charge is 0.491 e. The molecule has 0 spiro atoms. The molecule has 0 saturated heterocycles. The molecule has 0 aliphatic heterocycles. The van der Waals surface area contributed by atoms with E-state index in [4.69, 9.17) is 66.3 Å². The molecule has 0 aromatic carbocycles. The number of nitrogens with two attached hydrogens (primary N) is 4. The smallest absolute Gasteiger partial charge is 0.425 e. The molecule has 0 heterocycles. The van der Waals surface area contributed by atoms with Gasteiger partial charge in [-0.2, -0.15) is 0 Å². The SMILES string of the molecule is CCO[SiH2]C.CCO[Si](C)(CCCNCCN)O[Si](C)(C)OCCCNCCN.CO[Si](CCCN)(OC)O[Si](C)(C)O[Si](CCCN)(OC)OC. The summed E-state index contributed by atoms with van der Waals surface area (Å²) >= 11 is 0. The van der Waals surface area contributed by atoms with Gasteiger partial charge in [0, 0.05) is 86.5 Å². The second kappa shape index (κ2) is 34.9. The average molecular weight is 858 g/mol. The first-order valence-electron chi connectivity index (χ1n) is 19.0. The summed E-state index contributed by atoms with van der Waals surface area (Å²) in [6, 6.07) is 2.26. The Kier molecular flexibility index (Phi) is 38.2. The zero-order valence-electron chi connectivity index (χ0n) is 35.3. The maximum absolute atomic E-state index is 6.44. The Bertz CT molecular complexity index is 759. The normalized spacial score (nSPS) is 13.8. The van der Waals surface area contributed by atoms with Gasteiger partial charge < -0.3 is 76.9 Å². The van der Waals surface area contributed by atoms with Gasteiger partial charge in [0.05, 0.1) is 0 Å². The third-order valence-corrected chi connectivity index (χ3v) is 25.7. The predicted octanol–water partition coefficient (Wildman–Crippen LogP) is 1.74. The number of hydrogen-bond donors (Lipinski definition) is 6. The van der Waals surface area contributed by atoms with Gasteiger partial charge in [-0.25, -0.2) is 0 Å². The van der Waals surface area contributed by atoms with Crippen molar-refractivity contribution in [2.45, 2.75) is 96.9 Å². The summed E-state index contributed by atoms with van der Waals surface area (Å²) in [4.78, 5) is 0. The van der Waals surface area contributed by atoms with Crippen LogP contribution in [0.5, 0.6) is 0 Å². The number of nitrogens with one attached hydrogen (secondary N) is 2. The van der Waals surface area contributed by atoms with Gasteiger partial charge >= 0.3 is 43.3 Å². The van der Waals surface area contributed by atoms with E-state index < -0.39 is 43.3 Å². The van der Waals surface area contributed by atoms with Crippen LogP contribution in [-0.2, 0) is 43.3 Å². The van der Waals surface area contributed by atoms with E-state index >= 15 is 0 Å². The topological polar surface area (TPSA) is 220 Å². The highest BCUT2D eigenvalue weighted by Gasteiger charge is 2.51. The fraction of sp³-hybridized carbons (Fsp3) is 1.00. The molecule has 0 radical (unpaired) electrons. The van der Waals surface area contributed by atoms with Crippen LogP contribution in [0.3, 0.4) is 0 Å². The fourth-order valence-electron chi connectivity index (χ4n) is 4.97. The second-order valence-corrected chi connectivity index (χ2v) is 30.5. The molecular weight excluding hydrogens is 773 g/mol. The third kappa shape index (κ3) is 30.8. The molecule has 0 aromatic heterocycles. The molecule has 0 aromatic rings. The molecule has 0 fully saturated rings. The Balaban J connectivity index is -0.000000816. The molecule has 318 valence electrons. The summed E-state index contributed by atoms with van der Waals surface area (Å²) in [7, 11) is -6.30. The first kappa shape index (κ1) is 57.0. The maximum Gasteiger partial charge on any atom is 0.491 e. The van der Waals surface area contributed by atoms with E-state index in [2.05, 4.69) is 36.8 Å². The zero-order chi connectivity index (χ0) is 40.4. The van der Waals surface area contributed by atoms with Crippen molar-refractivity contribution in [3.05, 3.63) is 0 Å². The van der Waals surface area contributed by atoms with Crippen LogP contribution < -0.4 is 33.6 Å². The Morgan fingerprint density at radius 3 is 1.33 bits per heavy atom. The predicted molar refractivity (Wildman–Crippen MR) is 228 cm³/mol. The van der Waals surface area contributed by atoms with Crippen molar-refractivity contribution in [1.29, 1.82) is 0 Å². The van der Waals surface area contributed by atoms with Crippen molar-refractivity contribution >= 4 is 53.1 Å². The molecule has 0 aliphatic carbocycles. The Hall–Kier alpha value is 0.661. The van der Waals surface area contributed by atoms with Crippen LogP contribution in [0.4, 0.5) is 0 Å². The molecule has 1 unspecified atom stereocenters. The van der Waals surface area contributed by atoms with Crippen molar-refractivity contribution in [2.75, 3.05) is 101 Å². The van der Waals surface area contributed by atoms with E-state index in [0.29, 0.717) is 51.5 Å². The number of hydrogen-bond acceptors (Lipinski definition) is 16. The van der Waals surface area contributed by atoms with Crippen LogP contribution >= 0.6 is 0 Å². The number of rotatable bonds is 33. The lowest BCUT2D eigenvalue weighted by atomic mass is 10.4. The lowest BCUT2D eigenvalue weighted by Gasteiger charge is -2.39. The van der Waals surface area contributed by atoms with Gasteiger partial charge in [0.25, 0.3) is 0 Å². The molecule has 16 nitrogen and oxygen atoms in total. The van der Waals surface area contributed by atoms with Crippen LogP contribution in [0.25, 0.3) is 0 Å². The molecule has 22 heteroatoms. The molecule has 0 bridgehead atoms. The quantitative estimate of drug-likeness (QED) is 0.0409. The summed E-state index contributed by atoms with van der Waals surface area (Å²) in [5.74, 6) is 0. The van der Waals surface area contributed by atoms with Crippen molar-refractivity contribution < 1.29 is 43.3 Å². The monoisotopic (exact) mass is 856 g/mol. The van der Waals surface area contributed by atoms with Crippen molar-refractivity contribution in [2.24, 2.45) is 22.9 Å². The Morgan fingerprint density at radius 2 is 0.981 bits per heavy atom. The maximum atomic E-state index is 6.44. The lowest BCUT2D eigenvalue weighted by Crippen LogP contribution is -2.59. The Labute approximate surface area is 326 Å². The van der Waals surface area contributed by atoms with Gasteiger partial charge in [0.15, 0.2) is 9.76 Å². The van der Waals surface area contributed by atoms with Crippen LogP contribution in [0.1, 0.15) is 39.5 Å². The molecule has 0 rings (SSSR count). The van der Waals surface area contributed by atoms with Gasteiger partial charge in [-0.05, 0) is 104 Å². The van der Waals surface area contributed by atoms with Crippen molar-refractivity contribution in [3.63, 3.8) is 0 Å². The summed E-state index contributed by atoms with van der Waals surface area (Å²) in [5.41, 5.74) is 22.1. The molecule has 0 saturated carbocycles. The highest BCUT2D eigenvalue weighted by Crippen LogP contribution is 2.27. The van der Waals surface area contributed by atoms with Gasteiger partial charge in [-0.3, -0.25) is 0 Å². The highest BCUT2D eigenvalue weighted by molar-refractivity contribution is 6.82. The first-order chi connectivity index (χ1) is 24.6. The van der Waals surface area contributed by atoms with E-state index in [1.807, 2.05) is 26.9 Å². The van der Waals surface area contributed by atoms with Crippen LogP contribution in [-0.4, -0.2) is 154 Å². The summed E-state index contributed by atoms with van der Waals surface area (Å²) in [6.07, 6.45) is 3.54. The minimum absolute atomic E-state index is 0.0860. The standard InChI is InChI=1S/C15H40N4O3Si2.C12H34N2O6Si3.C3H10OSi/c1-5-20-24(4,15-7-11-19-13-9-17)22-23(2,3)21-14-6-10-18-12-8-16;1-15-22(16-2,11-7-9-13)19-21(5,6)20-23(17-3,18-4)12-8-10-14;1-3-4-5-2/h18-19H,5-17H2,1-4H3;7-14H2,1-6H3;3,5H2,1-2H3. The summed E-state index contributed by atoms with van der Waals surface area (Å²) < 4.78 is 58.4. The minimum Gasteiger partial charge on any atom is -0.425 e. The fourth-order valence-corrected chi connectivity index (χ4v) is 23.7. The molecule has 52 heavy (non-hydrogen) atoms. The first-order valence-corrected chi connectivity index (χ1v) is 33.0. The van der Waals surface area contributed by atoms with Crippen molar-refractivity contribution in [1.82, 2.24) is 10.6 Å². The van der Waals surface area contributed by atoms with E-state index in [0.717, 1.165) is 64.5 Å². The van der Waals surface area contributed by atoms with Gasteiger partial charge in [-0.15, -0.1) is 0 Å². The molecule has 0 amide bonds. The van der Waals surface area contributed by atoms with Crippen LogP contribution in [0.15, 0.2) is 0 Å². The highest BCUT2D eigenvalue weighted by atomic mass is 28.5. The van der Waals surface area contributed by atoms with E-state index in [9.17, 15) is 0 Å². The molecule has 10 N–H and O–H groups in total. The minimum atomic E-state index is -2.81. The molecule has 1 atom stereocenters. The summed E-state index contributed by atoms with van der Waals surface area (Å²) in [5, 5.41) is 6.59. The van der Waals surface area contributed by atoms with Gasteiger partial charge in [0.1, 0.15) is 0 Å². The second-order valence-electron chi connectivity index (χ2n) is 12.8. The lowest BCUT2D eigenvalue weighted by molar-refractivity contribution is 0.115. The van der Waals surface area contributed by atoms with Gasteiger partial charge in [-0.1, -0.05) is 6.55 Å². The molecule has 0 aliphatic rings. The summed E-state index contributed by atoms with van der Waals surface area (Å²) in [6.45, 7) is 24.8. The van der Waals surface area contributed by atoms with E-state index in [-0.39, 0.29) is 9.76 Å². The van der Waals surface area contributed by atoms with Crippen LogP contribution in [0, 0.1) is 0 Å². The molecular formula is C30H84N6O10Si6. The van der Waals surface area contributed by atoms with Crippen LogP contribution in [0.2, 0.25) is 57.4 Å². The zero-order valence-corrected chi connectivity index (χ0v) is 41.7. The van der Waals surface area contributed by atoms with Gasteiger partial charge in [0.2, 0.25) is 0 Å². The third-order valence-electron chi connectivity index (χ3n) is 7.31. The van der Waals surface area contributed by atoms with Crippen molar-refractivity contribution in [3.8, 4) is 0 Å². The Morgan fingerprint density at radius 1 is 0.519 bits per heavy atom. The van der Waals surface area contributed by atoms with E-state index in [1.165, 1.54) is 0 Å².